The van der Waals surface area contributed by atoms with E-state index in [4.69, 9.17) is 10.5 Å². The molecule has 13 nitrogen and oxygen atoms in total. The Morgan fingerprint density at radius 1 is 1.04 bits per heavy atom. The van der Waals surface area contributed by atoms with Gasteiger partial charge in [-0.15, -0.1) is 0 Å². The average molecular weight is 629 g/mol. The van der Waals surface area contributed by atoms with E-state index >= 15 is 0 Å². The van der Waals surface area contributed by atoms with Crippen molar-refractivity contribution in [3.8, 4) is 0 Å². The predicted molar refractivity (Wildman–Crippen MR) is 171 cm³/mol. The first-order chi connectivity index (χ1) is 22.0. The molecule has 1 atom stereocenters. The number of carbonyl (C=O) groups excluding carboxylic acids is 3. The number of aromatic nitrogens is 3. The molecular formula is C33H36N6O7. The summed E-state index contributed by atoms with van der Waals surface area (Å²) in [6.07, 6.45) is 2.96. The lowest BCUT2D eigenvalue weighted by Crippen LogP contribution is -2.44. The Kier molecular flexibility index (Phi) is 11.1. The van der Waals surface area contributed by atoms with Crippen molar-refractivity contribution in [2.45, 2.75) is 52.3 Å². The molecule has 5 N–H and O–H groups in total. The van der Waals surface area contributed by atoms with Gasteiger partial charge in [-0.1, -0.05) is 62.4 Å². The maximum absolute atomic E-state index is 13.4. The number of anilines is 1. The van der Waals surface area contributed by atoms with Crippen LogP contribution in [-0.4, -0.2) is 49.3 Å². The largest absolute Gasteiger partial charge is 0.464 e. The smallest absolute Gasteiger partial charge is 0.417 e. The van der Waals surface area contributed by atoms with Gasteiger partial charge in [0.2, 0.25) is 11.8 Å². The fourth-order valence-electron chi connectivity index (χ4n) is 4.90. The van der Waals surface area contributed by atoms with Gasteiger partial charge in [-0.05, 0) is 60.6 Å². The normalized spacial score (nSPS) is 11.9. The SMILES string of the molecule is CC(C)Cc1cccc2c1nc(Cn1cccc(NC(=O)[C@H](CC/C=C/C(N)=O)NC(=O)OCc3ccccc3)c1=O)n2C(=O)O. The Morgan fingerprint density at radius 3 is 2.50 bits per heavy atom. The number of nitrogens with zero attached hydrogens (tertiary/aromatic N) is 3. The van der Waals surface area contributed by atoms with E-state index in [9.17, 15) is 29.1 Å². The lowest BCUT2D eigenvalue weighted by molar-refractivity contribution is -0.118. The predicted octanol–water partition coefficient (Wildman–Crippen LogP) is 4.03. The van der Waals surface area contributed by atoms with E-state index in [1.54, 1.807) is 36.4 Å². The summed E-state index contributed by atoms with van der Waals surface area (Å²) in [5, 5.41) is 15.1. The van der Waals surface area contributed by atoms with Crippen molar-refractivity contribution in [1.29, 1.82) is 0 Å². The molecule has 0 aliphatic carbocycles. The summed E-state index contributed by atoms with van der Waals surface area (Å²) in [6.45, 7) is 3.90. The first-order valence-corrected chi connectivity index (χ1v) is 14.7. The van der Waals surface area contributed by atoms with Crippen LogP contribution in [0.2, 0.25) is 0 Å². The van der Waals surface area contributed by atoms with E-state index in [0.29, 0.717) is 23.4 Å². The summed E-state index contributed by atoms with van der Waals surface area (Å²) in [5.41, 5.74) is 7.04. The molecule has 4 aromatic rings. The van der Waals surface area contributed by atoms with Crippen LogP contribution in [0.1, 0.15) is 43.6 Å². The van der Waals surface area contributed by atoms with Gasteiger partial charge in [-0.25, -0.2) is 19.1 Å². The Bertz CT molecular complexity index is 1810. The van der Waals surface area contributed by atoms with Crippen molar-refractivity contribution >= 4 is 40.7 Å². The first-order valence-electron chi connectivity index (χ1n) is 14.7. The number of nitrogens with one attached hydrogen (secondary N) is 2. The van der Waals surface area contributed by atoms with Crippen LogP contribution < -0.4 is 21.9 Å². The second-order valence-electron chi connectivity index (χ2n) is 11.0. The maximum Gasteiger partial charge on any atom is 0.417 e. The molecule has 0 radical (unpaired) electrons. The Hall–Kier alpha value is -5.72. The summed E-state index contributed by atoms with van der Waals surface area (Å²) in [5.74, 6) is -0.912. The zero-order valence-electron chi connectivity index (χ0n) is 25.5. The number of imidazole rings is 1. The number of primary amides is 1. The van der Waals surface area contributed by atoms with E-state index in [1.807, 2.05) is 12.1 Å². The molecular weight excluding hydrogens is 592 g/mol. The van der Waals surface area contributed by atoms with Crippen LogP contribution in [-0.2, 0) is 33.9 Å². The number of alkyl carbamates (subject to hydrolysis) is 1. The number of benzene rings is 2. The molecule has 240 valence electrons. The molecule has 0 saturated heterocycles. The average Bonchev–Trinajstić information content (AvgIpc) is 3.39. The third kappa shape index (κ3) is 8.68. The van der Waals surface area contributed by atoms with Crippen LogP contribution in [0.15, 0.2) is 83.8 Å². The molecule has 0 unspecified atom stereocenters. The molecule has 0 saturated carbocycles. The molecule has 2 aromatic heterocycles. The summed E-state index contributed by atoms with van der Waals surface area (Å²) >= 11 is 0. The topological polar surface area (TPSA) is 188 Å². The molecule has 0 aliphatic heterocycles. The van der Waals surface area contributed by atoms with E-state index in [1.165, 1.54) is 29.0 Å². The fraction of sp³-hybridized carbons (Fsp3) is 0.273. The van der Waals surface area contributed by atoms with E-state index in [2.05, 4.69) is 29.5 Å². The molecule has 3 amide bonds. The van der Waals surface area contributed by atoms with E-state index in [0.717, 1.165) is 21.8 Å². The highest BCUT2D eigenvalue weighted by Gasteiger charge is 2.23. The maximum atomic E-state index is 13.4. The highest BCUT2D eigenvalue weighted by molar-refractivity contribution is 5.96. The van der Waals surface area contributed by atoms with Gasteiger partial charge in [0, 0.05) is 6.20 Å². The molecule has 0 aliphatic rings. The van der Waals surface area contributed by atoms with E-state index < -0.39 is 35.6 Å². The van der Waals surface area contributed by atoms with Crippen LogP contribution in [0.4, 0.5) is 15.3 Å². The van der Waals surface area contributed by atoms with Crippen LogP contribution in [0.25, 0.3) is 11.0 Å². The minimum absolute atomic E-state index is 0.0218. The summed E-state index contributed by atoms with van der Waals surface area (Å²) < 4.78 is 7.55. The number of nitrogens with two attached hydrogens (primary N) is 1. The molecule has 2 aromatic carbocycles. The molecule has 0 spiro atoms. The number of hydrogen-bond acceptors (Lipinski definition) is 7. The van der Waals surface area contributed by atoms with Gasteiger partial charge < -0.3 is 30.8 Å². The zero-order valence-corrected chi connectivity index (χ0v) is 25.5. The van der Waals surface area contributed by atoms with Gasteiger partial charge in [0.1, 0.15) is 24.2 Å². The highest BCUT2D eigenvalue weighted by Crippen LogP contribution is 2.23. The molecule has 0 bridgehead atoms. The van der Waals surface area contributed by atoms with Crippen LogP contribution >= 0.6 is 0 Å². The number of pyridine rings is 1. The van der Waals surface area contributed by atoms with Gasteiger partial charge in [0.25, 0.3) is 5.56 Å². The number of amides is 3. The van der Waals surface area contributed by atoms with Crippen LogP contribution in [0.3, 0.4) is 0 Å². The van der Waals surface area contributed by atoms with E-state index in [-0.39, 0.29) is 37.5 Å². The fourth-order valence-corrected chi connectivity index (χ4v) is 4.90. The molecule has 13 heteroatoms. The van der Waals surface area contributed by atoms with Crippen molar-refractivity contribution < 1.29 is 29.0 Å². The van der Waals surface area contributed by atoms with Gasteiger partial charge >= 0.3 is 12.2 Å². The number of ether oxygens (including phenoxy) is 1. The Balaban J connectivity index is 1.54. The van der Waals surface area contributed by atoms with Crippen molar-refractivity contribution in [3.05, 3.63) is 106 Å². The molecule has 4 rings (SSSR count). The third-order valence-corrected chi connectivity index (χ3v) is 6.97. The third-order valence-electron chi connectivity index (χ3n) is 6.97. The van der Waals surface area contributed by atoms with Gasteiger partial charge in [-0.3, -0.25) is 14.4 Å². The van der Waals surface area contributed by atoms with Crippen LogP contribution in [0, 0.1) is 5.92 Å². The van der Waals surface area contributed by atoms with Gasteiger partial charge in [-0.2, -0.15) is 0 Å². The van der Waals surface area contributed by atoms with Gasteiger partial charge in [0.15, 0.2) is 0 Å². The van der Waals surface area contributed by atoms with Crippen molar-refractivity contribution in [2.75, 3.05) is 5.32 Å². The lowest BCUT2D eigenvalue weighted by Gasteiger charge is -2.18. The standard InChI is InChI=1S/C33H36N6O7/c1-21(2)18-23-12-8-15-26-29(23)37-28(39(26)33(44)45)19-38-17-9-14-25(31(38)42)35-30(41)24(13-6-7-16-27(34)40)36-32(43)46-20-22-10-4-3-5-11-22/h3-5,7-12,14-17,21,24H,6,13,18-20H2,1-2H3,(H2,34,40)(H,35,41)(H,36,43)(H,44,45)/b16-7+/t24-/m0/s1. The number of rotatable bonds is 13. The zero-order chi connectivity index (χ0) is 33.2. The first kappa shape index (κ1) is 33.2. The monoisotopic (exact) mass is 628 g/mol. The second-order valence-corrected chi connectivity index (χ2v) is 11.0. The molecule has 2 heterocycles. The number of para-hydroxylation sites is 1. The minimum atomic E-state index is -1.24. The Labute approximate surface area is 264 Å². The van der Waals surface area contributed by atoms with Crippen molar-refractivity contribution in [1.82, 2.24) is 19.4 Å². The molecule has 46 heavy (non-hydrogen) atoms. The van der Waals surface area contributed by atoms with Crippen molar-refractivity contribution in [2.24, 2.45) is 11.7 Å². The Morgan fingerprint density at radius 2 is 1.80 bits per heavy atom. The number of allylic oxidation sites excluding steroid dienone is 1. The summed E-state index contributed by atoms with van der Waals surface area (Å²) in [6, 6.07) is 16.1. The summed E-state index contributed by atoms with van der Waals surface area (Å²) in [4.78, 5) is 67.3. The number of carboxylic acid groups (broad SMARTS) is 1. The van der Waals surface area contributed by atoms with Crippen molar-refractivity contribution in [3.63, 3.8) is 0 Å². The quantitative estimate of drug-likeness (QED) is 0.160. The second kappa shape index (κ2) is 15.3. The highest BCUT2D eigenvalue weighted by atomic mass is 16.5. The van der Waals surface area contributed by atoms with Crippen LogP contribution in [0.5, 0.6) is 0 Å². The summed E-state index contributed by atoms with van der Waals surface area (Å²) in [7, 11) is 0. The number of carbonyl (C=O) groups is 4. The minimum Gasteiger partial charge on any atom is -0.464 e. The van der Waals surface area contributed by atoms with Gasteiger partial charge in [0.05, 0.1) is 17.6 Å². The number of fused-ring (bicyclic) bond motifs is 1. The number of hydrogen-bond donors (Lipinski definition) is 4. The lowest BCUT2D eigenvalue weighted by atomic mass is 10.0. The molecule has 0 fully saturated rings.